The average Bonchev–Trinajstić information content (AvgIpc) is 2.54. The van der Waals surface area contributed by atoms with E-state index in [0.29, 0.717) is 0 Å². The van der Waals surface area contributed by atoms with Gasteiger partial charge in [0.05, 0.1) is 0 Å². The number of hydrogen-bond donors (Lipinski definition) is 2. The van der Waals surface area contributed by atoms with Crippen LogP contribution in [-0.4, -0.2) is 23.6 Å². The van der Waals surface area contributed by atoms with Gasteiger partial charge in [-0.1, -0.05) is 35.9 Å². The molecule has 2 aliphatic rings. The molecule has 2 aliphatic heterocycles. The smallest absolute Gasteiger partial charge is 0.202 e. The zero-order chi connectivity index (χ0) is 15.4. The van der Waals surface area contributed by atoms with E-state index in [0.717, 1.165) is 24.6 Å². The highest BCUT2D eigenvalue weighted by Crippen LogP contribution is 2.24. The topological polar surface area (TPSA) is 39.7 Å². The lowest BCUT2D eigenvalue weighted by Gasteiger charge is -2.34. The van der Waals surface area contributed by atoms with Gasteiger partial charge in [-0.05, 0) is 44.2 Å². The van der Waals surface area contributed by atoms with E-state index < -0.39 is 0 Å². The average molecular weight is 294 g/mol. The molecule has 4 nitrogen and oxygen atoms in total. The number of hydrogen-bond acceptors (Lipinski definition) is 4. The Balaban J connectivity index is 1.76. The molecule has 22 heavy (non-hydrogen) atoms. The number of rotatable bonds is 3. The van der Waals surface area contributed by atoms with Gasteiger partial charge in [0.1, 0.15) is 6.17 Å². The number of fused-ring (bicyclic) bond motifs is 1. The quantitative estimate of drug-likeness (QED) is 0.839. The summed E-state index contributed by atoms with van der Waals surface area (Å²) in [5.41, 5.74) is 3.65. The van der Waals surface area contributed by atoms with E-state index >= 15 is 0 Å². The third kappa shape index (κ3) is 3.39. The number of anilines is 1. The van der Waals surface area contributed by atoms with Gasteiger partial charge in [-0.25, -0.2) is 4.99 Å². The van der Waals surface area contributed by atoms with Crippen LogP contribution >= 0.6 is 0 Å². The zero-order valence-corrected chi connectivity index (χ0v) is 13.1. The number of nitrogens with zero attached hydrogens (tertiary/aromatic N) is 2. The van der Waals surface area contributed by atoms with Crippen LogP contribution in [0.25, 0.3) is 0 Å². The summed E-state index contributed by atoms with van der Waals surface area (Å²) >= 11 is 0. The van der Waals surface area contributed by atoms with Gasteiger partial charge in [-0.3, -0.25) is 0 Å². The summed E-state index contributed by atoms with van der Waals surface area (Å²) in [7, 11) is 0. The molecule has 0 saturated carbocycles. The van der Waals surface area contributed by atoms with Crippen molar-refractivity contribution in [3.8, 4) is 0 Å². The Morgan fingerprint density at radius 3 is 2.95 bits per heavy atom. The molecule has 3 rings (SSSR count). The van der Waals surface area contributed by atoms with Crippen LogP contribution in [0.3, 0.4) is 0 Å². The van der Waals surface area contributed by atoms with Crippen molar-refractivity contribution in [3.63, 3.8) is 0 Å². The van der Waals surface area contributed by atoms with E-state index in [2.05, 4.69) is 53.9 Å². The molecule has 0 fully saturated rings. The molecule has 0 amide bonds. The van der Waals surface area contributed by atoms with Crippen LogP contribution in [0.5, 0.6) is 0 Å². The van der Waals surface area contributed by atoms with Crippen molar-refractivity contribution in [1.82, 2.24) is 10.2 Å². The van der Waals surface area contributed by atoms with Crippen molar-refractivity contribution in [2.75, 3.05) is 11.9 Å². The third-order valence-electron chi connectivity index (χ3n) is 3.69. The Morgan fingerprint density at radius 2 is 2.18 bits per heavy atom. The van der Waals surface area contributed by atoms with Gasteiger partial charge in [-0.15, -0.1) is 0 Å². The molecular weight excluding hydrogens is 272 g/mol. The second-order valence-corrected chi connectivity index (χ2v) is 5.77. The predicted molar refractivity (Wildman–Crippen MR) is 92.4 cm³/mol. The molecule has 0 bridgehead atoms. The molecule has 2 heterocycles. The molecule has 0 aliphatic carbocycles. The van der Waals surface area contributed by atoms with Crippen LogP contribution in [-0.2, 0) is 0 Å². The van der Waals surface area contributed by atoms with E-state index in [-0.39, 0.29) is 6.17 Å². The second-order valence-electron chi connectivity index (χ2n) is 5.77. The van der Waals surface area contributed by atoms with Crippen molar-refractivity contribution in [3.05, 3.63) is 66.0 Å². The third-order valence-corrected chi connectivity index (χ3v) is 3.69. The lowest BCUT2D eigenvalue weighted by molar-refractivity contribution is 0.328. The Labute approximate surface area is 131 Å². The number of benzene rings is 1. The fraction of sp³-hybridized carbons (Fsp3) is 0.278. The number of nitrogens with one attached hydrogen (secondary N) is 2. The van der Waals surface area contributed by atoms with Gasteiger partial charge in [0, 0.05) is 18.4 Å². The standard InChI is InChI=1S/C18H22N4/c1-14(2)10-12-22-11-6-7-15-13-19-18(21-17(15)22)20-16-8-4-3-5-9-16/h3-6,8-11,13,17H,7,12H2,1-2H3,(H2,19,20,21). The van der Waals surface area contributed by atoms with Gasteiger partial charge in [0.2, 0.25) is 5.96 Å². The Hall–Kier alpha value is -2.49. The summed E-state index contributed by atoms with van der Waals surface area (Å²) in [5.74, 6) is 0.789. The molecule has 0 saturated heterocycles. The van der Waals surface area contributed by atoms with Gasteiger partial charge in [-0.2, -0.15) is 0 Å². The normalized spacial score (nSPS) is 19.5. The SMILES string of the molecule is CC(C)=CCN1C=CCC2=CNC(Nc3ccccc3)=NC21. The van der Waals surface area contributed by atoms with Gasteiger partial charge in [0.15, 0.2) is 0 Å². The van der Waals surface area contributed by atoms with Crippen LogP contribution in [0.1, 0.15) is 20.3 Å². The maximum atomic E-state index is 4.83. The molecule has 114 valence electrons. The molecule has 4 heteroatoms. The highest BCUT2D eigenvalue weighted by Gasteiger charge is 2.24. The minimum atomic E-state index is 0.0769. The number of aliphatic imine (C=N–C) groups is 1. The maximum Gasteiger partial charge on any atom is 0.202 e. The van der Waals surface area contributed by atoms with Crippen molar-refractivity contribution in [2.24, 2.45) is 4.99 Å². The fourth-order valence-corrected chi connectivity index (χ4v) is 2.51. The molecule has 0 aromatic heterocycles. The van der Waals surface area contributed by atoms with E-state index in [1.165, 1.54) is 11.1 Å². The number of guanidine groups is 1. The van der Waals surface area contributed by atoms with Crippen molar-refractivity contribution < 1.29 is 0 Å². The van der Waals surface area contributed by atoms with Gasteiger partial charge in [0.25, 0.3) is 0 Å². The van der Waals surface area contributed by atoms with E-state index in [9.17, 15) is 0 Å². The monoisotopic (exact) mass is 294 g/mol. The summed E-state index contributed by atoms with van der Waals surface area (Å²) in [4.78, 5) is 7.09. The molecule has 0 radical (unpaired) electrons. The lowest BCUT2D eigenvalue weighted by atomic mass is 10.1. The Bertz CT molecular complexity index is 636. The minimum absolute atomic E-state index is 0.0769. The molecule has 0 spiro atoms. The number of allylic oxidation sites excluding steroid dienone is 2. The lowest BCUT2D eigenvalue weighted by Crippen LogP contribution is -2.41. The first-order valence-corrected chi connectivity index (χ1v) is 7.63. The maximum absolute atomic E-state index is 4.83. The highest BCUT2D eigenvalue weighted by atomic mass is 15.3. The number of para-hydroxylation sites is 1. The predicted octanol–water partition coefficient (Wildman–Crippen LogP) is 3.45. The molecule has 2 N–H and O–H groups in total. The van der Waals surface area contributed by atoms with Crippen LogP contribution in [0, 0.1) is 0 Å². The molecule has 1 unspecified atom stereocenters. The van der Waals surface area contributed by atoms with Crippen molar-refractivity contribution in [2.45, 2.75) is 26.4 Å². The molecule has 1 aromatic rings. The first-order valence-electron chi connectivity index (χ1n) is 7.63. The summed E-state index contributed by atoms with van der Waals surface area (Å²) in [6.45, 7) is 5.12. The largest absolute Gasteiger partial charge is 0.349 e. The van der Waals surface area contributed by atoms with Gasteiger partial charge < -0.3 is 15.5 Å². The second kappa shape index (κ2) is 6.52. The van der Waals surface area contributed by atoms with Crippen molar-refractivity contribution >= 4 is 11.6 Å². The Kier molecular flexibility index (Phi) is 4.28. The van der Waals surface area contributed by atoms with Gasteiger partial charge >= 0.3 is 0 Å². The van der Waals surface area contributed by atoms with Crippen molar-refractivity contribution in [1.29, 1.82) is 0 Å². The molecule has 1 atom stereocenters. The minimum Gasteiger partial charge on any atom is -0.349 e. The van der Waals surface area contributed by atoms with Crippen LogP contribution in [0.4, 0.5) is 5.69 Å². The first kappa shape index (κ1) is 14.4. The van der Waals surface area contributed by atoms with Crippen LogP contribution in [0.15, 0.2) is 71.0 Å². The highest BCUT2D eigenvalue weighted by molar-refractivity contribution is 5.95. The van der Waals surface area contributed by atoms with E-state index in [4.69, 9.17) is 4.99 Å². The summed E-state index contributed by atoms with van der Waals surface area (Å²) in [6, 6.07) is 10.1. The van der Waals surface area contributed by atoms with Crippen LogP contribution in [0.2, 0.25) is 0 Å². The fourth-order valence-electron chi connectivity index (χ4n) is 2.51. The molecule has 1 aromatic carbocycles. The van der Waals surface area contributed by atoms with Crippen LogP contribution < -0.4 is 10.6 Å². The van der Waals surface area contributed by atoms with E-state index in [1.54, 1.807) is 0 Å². The first-order chi connectivity index (χ1) is 10.7. The summed E-state index contributed by atoms with van der Waals surface area (Å²) in [5, 5.41) is 6.58. The van der Waals surface area contributed by atoms with E-state index in [1.807, 2.05) is 30.3 Å². The Morgan fingerprint density at radius 1 is 1.36 bits per heavy atom. The molecular formula is C18H22N4. The summed E-state index contributed by atoms with van der Waals surface area (Å²) in [6.07, 6.45) is 9.67. The zero-order valence-electron chi connectivity index (χ0n) is 13.1. The summed E-state index contributed by atoms with van der Waals surface area (Å²) < 4.78 is 0.